The smallest absolute Gasteiger partial charge is 0.270 e. The van der Waals surface area contributed by atoms with Gasteiger partial charge in [-0.05, 0) is 6.07 Å². The largest absolute Gasteiger partial charge is 0.328 e. The molecule has 1 heterocycles. The van der Waals surface area contributed by atoms with Crippen LogP contribution in [0, 0.1) is 10.1 Å². The molecule has 1 aliphatic rings. The number of non-ortho nitro benzene ring substituents is 1. The number of nitro groups is 1. The van der Waals surface area contributed by atoms with Gasteiger partial charge in [-0.3, -0.25) is 10.1 Å². The maximum atomic E-state index is 12.3. The molecule has 1 aromatic rings. The number of hydrogen-bond acceptors (Lipinski definition) is 5. The summed E-state index contributed by atoms with van der Waals surface area (Å²) >= 11 is 1.15. The van der Waals surface area contributed by atoms with Crippen molar-refractivity contribution in [1.82, 2.24) is 0 Å². The van der Waals surface area contributed by atoms with Gasteiger partial charge in [0, 0.05) is 24.1 Å². The molecule has 84 valence electrons. The van der Waals surface area contributed by atoms with Gasteiger partial charge >= 0.3 is 0 Å². The number of benzene rings is 1. The lowest BCUT2D eigenvalue weighted by Crippen LogP contribution is -2.25. The minimum Gasteiger partial charge on any atom is -0.328 e. The topological polar surface area (TPSA) is 58.7 Å². The number of rotatable bonds is 3. The molecule has 2 rings (SSSR count). The normalized spacial score (nSPS) is 13.7. The van der Waals surface area contributed by atoms with Gasteiger partial charge in [0.1, 0.15) is 13.0 Å². The highest BCUT2D eigenvalue weighted by atomic mass is 32.2. The second-order valence-electron chi connectivity index (χ2n) is 3.10. The Balaban J connectivity index is 2.36. The fourth-order valence-corrected chi connectivity index (χ4v) is 2.12. The van der Waals surface area contributed by atoms with Gasteiger partial charge < -0.3 is 4.90 Å². The number of alkyl halides is 1. The Morgan fingerprint density at radius 1 is 1.56 bits per heavy atom. The van der Waals surface area contributed by atoms with E-state index in [0.29, 0.717) is 4.90 Å². The van der Waals surface area contributed by atoms with E-state index in [4.69, 9.17) is 0 Å². The molecule has 0 amide bonds. The van der Waals surface area contributed by atoms with Crippen LogP contribution in [0.15, 0.2) is 27.5 Å². The van der Waals surface area contributed by atoms with Crippen LogP contribution in [0.5, 0.6) is 0 Å². The Bertz CT molecular complexity index is 452. The first kappa shape index (κ1) is 10.9. The molecule has 0 saturated heterocycles. The van der Waals surface area contributed by atoms with Gasteiger partial charge in [0.05, 0.1) is 22.1 Å². The first-order valence-electron chi connectivity index (χ1n) is 4.54. The summed E-state index contributed by atoms with van der Waals surface area (Å²) in [5.41, 5.74) is 0.770. The van der Waals surface area contributed by atoms with Gasteiger partial charge in [0.2, 0.25) is 0 Å². The van der Waals surface area contributed by atoms with Crippen LogP contribution in [-0.2, 0) is 0 Å². The van der Waals surface area contributed by atoms with E-state index in [-0.39, 0.29) is 12.2 Å². The molecule has 5 nitrogen and oxygen atoms in total. The standard InChI is InChI=1S/C9H8FN3O2S/c10-3-4-12-6-11-16-9-5-7(13(14)15)1-2-8(9)12/h1-2,5-6H,3-4H2. The van der Waals surface area contributed by atoms with Crippen molar-refractivity contribution in [3.05, 3.63) is 28.3 Å². The van der Waals surface area contributed by atoms with E-state index in [1.807, 2.05) is 0 Å². The summed E-state index contributed by atoms with van der Waals surface area (Å²) in [5.74, 6) is 0. The van der Waals surface area contributed by atoms with Crippen molar-refractivity contribution in [2.45, 2.75) is 4.90 Å². The molecule has 0 atom stereocenters. The highest BCUT2D eigenvalue weighted by molar-refractivity contribution is 7.98. The van der Waals surface area contributed by atoms with Crippen molar-refractivity contribution in [2.75, 3.05) is 18.1 Å². The van der Waals surface area contributed by atoms with E-state index in [1.165, 1.54) is 18.5 Å². The lowest BCUT2D eigenvalue weighted by Gasteiger charge is -2.23. The van der Waals surface area contributed by atoms with Gasteiger partial charge in [-0.15, -0.1) is 0 Å². The number of halogens is 1. The molecule has 0 bridgehead atoms. The predicted octanol–water partition coefficient (Wildman–Crippen LogP) is 2.42. The first-order valence-corrected chi connectivity index (χ1v) is 5.31. The van der Waals surface area contributed by atoms with Crippen LogP contribution in [0.2, 0.25) is 0 Å². The lowest BCUT2D eigenvalue weighted by molar-refractivity contribution is -0.385. The fourth-order valence-electron chi connectivity index (χ4n) is 1.40. The first-order chi connectivity index (χ1) is 7.72. The average Bonchev–Trinajstić information content (AvgIpc) is 2.29. The zero-order valence-corrected chi connectivity index (χ0v) is 8.98. The van der Waals surface area contributed by atoms with E-state index in [2.05, 4.69) is 4.40 Å². The molecule has 16 heavy (non-hydrogen) atoms. The number of nitro benzene ring substituents is 1. The Morgan fingerprint density at radius 3 is 3.06 bits per heavy atom. The van der Waals surface area contributed by atoms with Crippen molar-refractivity contribution < 1.29 is 9.31 Å². The molecule has 0 fully saturated rings. The lowest BCUT2D eigenvalue weighted by atomic mass is 10.2. The summed E-state index contributed by atoms with van der Waals surface area (Å²) in [7, 11) is 0. The summed E-state index contributed by atoms with van der Waals surface area (Å²) < 4.78 is 16.2. The number of fused-ring (bicyclic) bond motifs is 1. The van der Waals surface area contributed by atoms with Crippen molar-refractivity contribution in [1.29, 1.82) is 0 Å². The Labute approximate surface area is 95.3 Å². The molecule has 7 heteroatoms. The maximum Gasteiger partial charge on any atom is 0.270 e. The second kappa shape index (κ2) is 4.48. The third-order valence-electron chi connectivity index (χ3n) is 2.13. The third-order valence-corrected chi connectivity index (χ3v) is 2.85. The second-order valence-corrected chi connectivity index (χ2v) is 3.94. The molecule has 0 N–H and O–H groups in total. The number of nitrogens with zero attached hydrogens (tertiary/aromatic N) is 3. The summed E-state index contributed by atoms with van der Waals surface area (Å²) in [6.07, 6.45) is 1.53. The van der Waals surface area contributed by atoms with Gasteiger partial charge in [-0.25, -0.2) is 8.79 Å². The summed E-state index contributed by atoms with van der Waals surface area (Å²) in [6.45, 7) is -0.290. The van der Waals surface area contributed by atoms with Gasteiger partial charge in [-0.1, -0.05) is 0 Å². The number of anilines is 1. The van der Waals surface area contributed by atoms with E-state index in [1.54, 1.807) is 11.0 Å². The SMILES string of the molecule is O=[N+]([O-])c1ccc2c(c1)SN=CN2CCF. The van der Waals surface area contributed by atoms with Gasteiger partial charge in [-0.2, -0.15) is 0 Å². The van der Waals surface area contributed by atoms with Crippen LogP contribution in [0.1, 0.15) is 0 Å². The molecule has 0 radical (unpaired) electrons. The van der Waals surface area contributed by atoms with Crippen LogP contribution in [0.25, 0.3) is 0 Å². The zero-order valence-electron chi connectivity index (χ0n) is 8.17. The highest BCUT2D eigenvalue weighted by Crippen LogP contribution is 2.36. The quantitative estimate of drug-likeness (QED) is 0.463. The van der Waals surface area contributed by atoms with Crippen LogP contribution in [0.4, 0.5) is 15.8 Å². The molecule has 0 saturated carbocycles. The molecule has 0 aliphatic carbocycles. The Hall–Kier alpha value is -1.63. The minimum absolute atomic E-state index is 0.0172. The van der Waals surface area contributed by atoms with Crippen molar-refractivity contribution in [3.63, 3.8) is 0 Å². The molecule has 1 aliphatic heterocycles. The monoisotopic (exact) mass is 241 g/mol. The highest BCUT2D eigenvalue weighted by Gasteiger charge is 2.17. The minimum atomic E-state index is -0.493. The Kier molecular flexibility index (Phi) is 3.04. The summed E-state index contributed by atoms with van der Waals surface area (Å²) in [5, 5.41) is 10.6. The van der Waals surface area contributed by atoms with Crippen LogP contribution in [-0.4, -0.2) is 24.5 Å². The Morgan fingerprint density at radius 2 is 2.38 bits per heavy atom. The molecule has 1 aromatic carbocycles. The van der Waals surface area contributed by atoms with E-state index < -0.39 is 11.6 Å². The van der Waals surface area contributed by atoms with Crippen LogP contribution < -0.4 is 4.90 Å². The van der Waals surface area contributed by atoms with Crippen molar-refractivity contribution >= 4 is 29.7 Å². The van der Waals surface area contributed by atoms with E-state index in [0.717, 1.165) is 17.6 Å². The van der Waals surface area contributed by atoms with Crippen LogP contribution in [0.3, 0.4) is 0 Å². The zero-order chi connectivity index (χ0) is 11.5. The molecule has 0 spiro atoms. The van der Waals surface area contributed by atoms with Crippen molar-refractivity contribution in [3.8, 4) is 0 Å². The summed E-state index contributed by atoms with van der Waals surface area (Å²) in [4.78, 5) is 12.4. The molecular weight excluding hydrogens is 233 g/mol. The number of hydrogen-bond donors (Lipinski definition) is 0. The van der Waals surface area contributed by atoms with Crippen LogP contribution >= 0.6 is 11.9 Å². The predicted molar refractivity (Wildman–Crippen MR) is 60.8 cm³/mol. The maximum absolute atomic E-state index is 12.3. The van der Waals surface area contributed by atoms with E-state index in [9.17, 15) is 14.5 Å². The van der Waals surface area contributed by atoms with E-state index >= 15 is 0 Å². The summed E-state index contributed by atoms with van der Waals surface area (Å²) in [6, 6.07) is 4.47. The van der Waals surface area contributed by atoms with Gasteiger partial charge in [0.25, 0.3) is 5.69 Å². The molecular formula is C9H8FN3O2S. The third kappa shape index (κ3) is 1.99. The average molecular weight is 241 g/mol. The van der Waals surface area contributed by atoms with Crippen molar-refractivity contribution in [2.24, 2.45) is 4.40 Å². The van der Waals surface area contributed by atoms with Gasteiger partial charge in [0.15, 0.2) is 0 Å². The molecule has 0 aromatic heterocycles. The fraction of sp³-hybridized carbons (Fsp3) is 0.222. The molecule has 0 unspecified atom stereocenters.